The molecule has 1 aromatic heterocycles. The fourth-order valence-corrected chi connectivity index (χ4v) is 2.58. The lowest BCUT2D eigenvalue weighted by molar-refractivity contribution is 0.579. The lowest BCUT2D eigenvalue weighted by atomic mass is 10.1. The summed E-state index contributed by atoms with van der Waals surface area (Å²) in [5.74, 6) is 0.869. The Hall–Kier alpha value is -0.570. The normalized spacial score (nSPS) is 16.9. The SMILES string of the molecule is Cc1nc(Br)ccc1NCC1CCCC1. The van der Waals surface area contributed by atoms with Crippen molar-refractivity contribution in [2.45, 2.75) is 32.6 Å². The van der Waals surface area contributed by atoms with E-state index in [1.165, 1.54) is 31.4 Å². The van der Waals surface area contributed by atoms with Crippen molar-refractivity contribution in [2.75, 3.05) is 11.9 Å². The van der Waals surface area contributed by atoms with Crippen molar-refractivity contribution in [3.63, 3.8) is 0 Å². The largest absolute Gasteiger partial charge is 0.383 e. The Labute approximate surface area is 99.6 Å². The zero-order valence-electron chi connectivity index (χ0n) is 9.09. The Morgan fingerprint density at radius 3 is 2.80 bits per heavy atom. The monoisotopic (exact) mass is 268 g/mol. The van der Waals surface area contributed by atoms with Crippen LogP contribution in [0.1, 0.15) is 31.4 Å². The van der Waals surface area contributed by atoms with Crippen LogP contribution >= 0.6 is 15.9 Å². The highest BCUT2D eigenvalue weighted by atomic mass is 79.9. The van der Waals surface area contributed by atoms with Crippen LogP contribution < -0.4 is 5.32 Å². The van der Waals surface area contributed by atoms with Crippen LogP contribution in [-0.2, 0) is 0 Å². The summed E-state index contributed by atoms with van der Waals surface area (Å²) in [5.41, 5.74) is 2.24. The number of nitrogens with zero attached hydrogens (tertiary/aromatic N) is 1. The van der Waals surface area contributed by atoms with Gasteiger partial charge in [0.25, 0.3) is 0 Å². The van der Waals surface area contributed by atoms with Gasteiger partial charge in [0.2, 0.25) is 0 Å². The van der Waals surface area contributed by atoms with Crippen molar-refractivity contribution in [3.05, 3.63) is 22.4 Å². The molecule has 1 aliphatic carbocycles. The summed E-state index contributed by atoms with van der Waals surface area (Å²) in [6.07, 6.45) is 5.58. The van der Waals surface area contributed by atoms with Crippen molar-refractivity contribution in [3.8, 4) is 0 Å². The van der Waals surface area contributed by atoms with E-state index in [1.54, 1.807) is 0 Å². The third-order valence-electron chi connectivity index (χ3n) is 3.11. The quantitative estimate of drug-likeness (QED) is 0.845. The number of nitrogens with one attached hydrogen (secondary N) is 1. The molecule has 1 aromatic rings. The topological polar surface area (TPSA) is 24.9 Å². The van der Waals surface area contributed by atoms with Crippen molar-refractivity contribution in [1.29, 1.82) is 0 Å². The summed E-state index contributed by atoms with van der Waals surface area (Å²) in [7, 11) is 0. The van der Waals surface area contributed by atoms with Gasteiger partial charge in [0.1, 0.15) is 4.60 Å². The highest BCUT2D eigenvalue weighted by Gasteiger charge is 2.14. The van der Waals surface area contributed by atoms with Crippen LogP contribution in [0.25, 0.3) is 0 Å². The second-order valence-corrected chi connectivity index (χ2v) is 5.11. The molecule has 0 amide bonds. The molecule has 0 bridgehead atoms. The first-order valence-corrected chi connectivity index (χ1v) is 6.42. The summed E-state index contributed by atoms with van der Waals surface area (Å²) < 4.78 is 0.909. The molecule has 0 radical (unpaired) electrons. The predicted octanol–water partition coefficient (Wildman–Crippen LogP) is 3.75. The number of aromatic nitrogens is 1. The van der Waals surface area contributed by atoms with Gasteiger partial charge in [-0.2, -0.15) is 0 Å². The Morgan fingerprint density at radius 2 is 2.13 bits per heavy atom. The van der Waals surface area contributed by atoms with Crippen molar-refractivity contribution in [1.82, 2.24) is 4.98 Å². The number of anilines is 1. The molecule has 0 saturated heterocycles. The number of halogens is 1. The first kappa shape index (κ1) is 10.9. The Morgan fingerprint density at radius 1 is 1.40 bits per heavy atom. The van der Waals surface area contributed by atoms with Crippen molar-refractivity contribution < 1.29 is 0 Å². The molecule has 1 saturated carbocycles. The zero-order valence-corrected chi connectivity index (χ0v) is 10.7. The van der Waals surface area contributed by atoms with Gasteiger partial charge in [0.15, 0.2) is 0 Å². The molecule has 82 valence electrons. The lowest BCUT2D eigenvalue weighted by Gasteiger charge is -2.13. The molecular formula is C12H17BrN2. The van der Waals surface area contributed by atoms with E-state index >= 15 is 0 Å². The molecule has 0 atom stereocenters. The molecule has 0 spiro atoms. The molecule has 0 unspecified atom stereocenters. The van der Waals surface area contributed by atoms with E-state index in [9.17, 15) is 0 Å². The second kappa shape index (κ2) is 4.97. The van der Waals surface area contributed by atoms with E-state index in [-0.39, 0.29) is 0 Å². The maximum Gasteiger partial charge on any atom is 0.106 e. The van der Waals surface area contributed by atoms with Crippen molar-refractivity contribution in [2.24, 2.45) is 5.92 Å². The van der Waals surface area contributed by atoms with E-state index in [2.05, 4.69) is 32.3 Å². The van der Waals surface area contributed by atoms with Gasteiger partial charge in [0.05, 0.1) is 11.4 Å². The molecule has 0 aliphatic heterocycles. The number of hydrogen-bond donors (Lipinski definition) is 1. The number of rotatable bonds is 3. The van der Waals surface area contributed by atoms with Gasteiger partial charge in [-0.05, 0) is 53.7 Å². The Balaban J connectivity index is 1.92. The minimum absolute atomic E-state index is 0.869. The van der Waals surface area contributed by atoms with Crippen LogP contribution in [-0.4, -0.2) is 11.5 Å². The van der Waals surface area contributed by atoms with Gasteiger partial charge in [-0.3, -0.25) is 0 Å². The van der Waals surface area contributed by atoms with Crippen LogP contribution in [0.3, 0.4) is 0 Å². The van der Waals surface area contributed by atoms with Gasteiger partial charge < -0.3 is 5.32 Å². The summed E-state index contributed by atoms with van der Waals surface area (Å²) in [6, 6.07) is 4.09. The summed E-state index contributed by atoms with van der Waals surface area (Å²) in [6.45, 7) is 3.14. The molecule has 1 fully saturated rings. The fourth-order valence-electron chi connectivity index (χ4n) is 2.19. The van der Waals surface area contributed by atoms with E-state index < -0.39 is 0 Å². The first-order valence-electron chi connectivity index (χ1n) is 5.63. The fraction of sp³-hybridized carbons (Fsp3) is 0.583. The maximum absolute atomic E-state index is 4.37. The average Bonchev–Trinajstić information content (AvgIpc) is 2.69. The van der Waals surface area contributed by atoms with Gasteiger partial charge >= 0.3 is 0 Å². The standard InChI is InChI=1S/C12H17BrN2/c1-9-11(6-7-12(13)15-9)14-8-10-4-2-3-5-10/h6-7,10,14H,2-5,8H2,1H3. The second-order valence-electron chi connectivity index (χ2n) is 4.30. The highest BCUT2D eigenvalue weighted by molar-refractivity contribution is 9.10. The molecular weight excluding hydrogens is 252 g/mol. The molecule has 1 heterocycles. The van der Waals surface area contributed by atoms with Crippen LogP contribution in [0.5, 0.6) is 0 Å². The van der Waals surface area contributed by atoms with E-state index in [1.807, 2.05) is 13.0 Å². The minimum Gasteiger partial charge on any atom is -0.383 e. The predicted molar refractivity (Wildman–Crippen MR) is 67.1 cm³/mol. The maximum atomic E-state index is 4.37. The van der Waals surface area contributed by atoms with E-state index in [4.69, 9.17) is 0 Å². The molecule has 2 nitrogen and oxygen atoms in total. The van der Waals surface area contributed by atoms with Crippen LogP contribution in [0.4, 0.5) is 5.69 Å². The van der Waals surface area contributed by atoms with Crippen LogP contribution in [0.2, 0.25) is 0 Å². The van der Waals surface area contributed by atoms with Crippen molar-refractivity contribution >= 4 is 21.6 Å². The minimum atomic E-state index is 0.869. The Bertz CT molecular complexity index is 332. The third kappa shape index (κ3) is 2.94. The third-order valence-corrected chi connectivity index (χ3v) is 3.55. The molecule has 15 heavy (non-hydrogen) atoms. The molecule has 1 aliphatic rings. The zero-order chi connectivity index (χ0) is 10.7. The smallest absolute Gasteiger partial charge is 0.106 e. The van der Waals surface area contributed by atoms with Gasteiger partial charge in [-0.1, -0.05) is 12.8 Å². The lowest BCUT2D eigenvalue weighted by Crippen LogP contribution is -2.12. The summed E-state index contributed by atoms with van der Waals surface area (Å²) in [5, 5.41) is 3.50. The van der Waals surface area contributed by atoms with E-state index in [0.717, 1.165) is 22.8 Å². The Kier molecular flexibility index (Phi) is 3.62. The van der Waals surface area contributed by atoms with Crippen LogP contribution in [0, 0.1) is 12.8 Å². The molecule has 3 heteroatoms. The number of pyridine rings is 1. The summed E-state index contributed by atoms with van der Waals surface area (Å²) >= 11 is 3.37. The van der Waals surface area contributed by atoms with Crippen LogP contribution in [0.15, 0.2) is 16.7 Å². The van der Waals surface area contributed by atoms with E-state index in [0.29, 0.717) is 0 Å². The average molecular weight is 269 g/mol. The molecule has 1 N–H and O–H groups in total. The summed E-state index contributed by atoms with van der Waals surface area (Å²) in [4.78, 5) is 4.37. The van der Waals surface area contributed by atoms with Gasteiger partial charge in [-0.25, -0.2) is 4.98 Å². The first-order chi connectivity index (χ1) is 7.25. The van der Waals surface area contributed by atoms with Gasteiger partial charge in [-0.15, -0.1) is 0 Å². The molecule has 0 aromatic carbocycles. The highest BCUT2D eigenvalue weighted by Crippen LogP contribution is 2.25. The molecule has 2 rings (SSSR count). The van der Waals surface area contributed by atoms with Gasteiger partial charge in [0, 0.05) is 6.54 Å². The number of hydrogen-bond acceptors (Lipinski definition) is 2. The number of aryl methyl sites for hydroxylation is 1.